The van der Waals surface area contributed by atoms with Crippen molar-refractivity contribution in [2.45, 2.75) is 45.8 Å². The highest BCUT2D eigenvalue weighted by Crippen LogP contribution is 2.32. The van der Waals surface area contributed by atoms with Gasteiger partial charge in [0.1, 0.15) is 0 Å². The second-order valence-corrected chi connectivity index (χ2v) is 7.70. The lowest BCUT2D eigenvalue weighted by Gasteiger charge is -2.37. The van der Waals surface area contributed by atoms with Gasteiger partial charge in [0.25, 0.3) is 5.91 Å². The Kier molecular flexibility index (Phi) is 5.63. The molecule has 26 heavy (non-hydrogen) atoms. The zero-order valence-corrected chi connectivity index (χ0v) is 15.9. The maximum atomic E-state index is 13.3. The number of nitrogens with zero attached hydrogens (tertiary/aromatic N) is 2. The van der Waals surface area contributed by atoms with Gasteiger partial charge in [-0.05, 0) is 50.3 Å². The van der Waals surface area contributed by atoms with Gasteiger partial charge in [-0.2, -0.15) is 0 Å². The average molecular weight is 359 g/mol. The Hall–Kier alpha value is -1.92. The molecule has 2 heterocycles. The fraction of sp³-hybridized carbons (Fsp3) is 0.600. The first kappa shape index (κ1) is 18.9. The maximum absolute atomic E-state index is 13.3. The number of aliphatic hydroxyl groups is 1. The van der Waals surface area contributed by atoms with Crippen molar-refractivity contribution in [2.24, 2.45) is 5.92 Å². The van der Waals surface area contributed by atoms with Crippen LogP contribution in [0.1, 0.15) is 42.6 Å². The second-order valence-electron chi connectivity index (χ2n) is 7.70. The molecule has 0 aromatic heterocycles. The molecule has 0 spiro atoms. The van der Waals surface area contributed by atoms with E-state index in [2.05, 4.69) is 10.2 Å². The summed E-state index contributed by atoms with van der Waals surface area (Å²) in [7, 11) is 0. The molecular formula is C20H29N3O3. The number of aliphatic hydroxyl groups excluding tert-OH is 1. The first-order chi connectivity index (χ1) is 12.4. The Labute approximate surface area is 155 Å². The minimum Gasteiger partial charge on any atom is -0.392 e. The number of carbonyl (C=O) groups is 2. The zero-order valence-electron chi connectivity index (χ0n) is 15.9. The molecule has 2 N–H and O–H groups in total. The highest BCUT2D eigenvalue weighted by molar-refractivity contribution is 5.99. The number of rotatable bonds is 4. The zero-order chi connectivity index (χ0) is 18.8. The summed E-state index contributed by atoms with van der Waals surface area (Å²) in [6.07, 6.45) is 1.80. The van der Waals surface area contributed by atoms with E-state index in [-0.39, 0.29) is 24.0 Å². The Bertz CT molecular complexity index is 689. The lowest BCUT2D eigenvalue weighted by Crippen LogP contribution is -2.48. The van der Waals surface area contributed by atoms with Crippen LogP contribution in [0, 0.1) is 12.8 Å². The van der Waals surface area contributed by atoms with Gasteiger partial charge in [-0.1, -0.05) is 6.07 Å². The number of anilines is 1. The predicted octanol–water partition coefficient (Wildman–Crippen LogP) is 1.87. The van der Waals surface area contributed by atoms with Gasteiger partial charge >= 0.3 is 0 Å². The van der Waals surface area contributed by atoms with Crippen LogP contribution in [-0.2, 0) is 4.79 Å². The molecule has 3 rings (SSSR count). The fourth-order valence-corrected chi connectivity index (χ4v) is 4.39. The van der Waals surface area contributed by atoms with Crippen molar-refractivity contribution in [3.8, 4) is 0 Å². The van der Waals surface area contributed by atoms with Gasteiger partial charge in [0.05, 0.1) is 6.10 Å². The van der Waals surface area contributed by atoms with Gasteiger partial charge < -0.3 is 15.3 Å². The first-order valence-electron chi connectivity index (χ1n) is 9.45. The Morgan fingerprint density at radius 2 is 2.12 bits per heavy atom. The first-order valence-corrected chi connectivity index (χ1v) is 9.45. The van der Waals surface area contributed by atoms with Crippen molar-refractivity contribution in [1.29, 1.82) is 0 Å². The van der Waals surface area contributed by atoms with Gasteiger partial charge in [-0.25, -0.2) is 0 Å². The largest absolute Gasteiger partial charge is 0.392 e. The molecule has 142 valence electrons. The third-order valence-electron chi connectivity index (χ3n) is 5.51. The van der Waals surface area contributed by atoms with Crippen LogP contribution in [0.4, 0.5) is 5.69 Å². The molecule has 0 saturated carbocycles. The molecular weight excluding hydrogens is 330 g/mol. The molecule has 2 aliphatic heterocycles. The summed E-state index contributed by atoms with van der Waals surface area (Å²) in [5, 5.41) is 12.5. The topological polar surface area (TPSA) is 72.9 Å². The maximum Gasteiger partial charge on any atom is 0.254 e. The summed E-state index contributed by atoms with van der Waals surface area (Å²) in [6, 6.07) is 5.70. The molecule has 1 aromatic carbocycles. The van der Waals surface area contributed by atoms with Crippen LogP contribution >= 0.6 is 0 Å². The van der Waals surface area contributed by atoms with Crippen LogP contribution in [0.15, 0.2) is 18.2 Å². The van der Waals surface area contributed by atoms with Gasteiger partial charge in [0, 0.05) is 50.4 Å². The van der Waals surface area contributed by atoms with Gasteiger partial charge in [0.2, 0.25) is 5.91 Å². The average Bonchev–Trinajstić information content (AvgIpc) is 2.97. The van der Waals surface area contributed by atoms with Crippen molar-refractivity contribution < 1.29 is 14.7 Å². The SMILES string of the molecule is CC(=O)Nc1cccc(C(=O)N2CCC[C@H]3CN(CC(C)O)C[C@H]32)c1C. The molecule has 2 aliphatic rings. The highest BCUT2D eigenvalue weighted by Gasteiger charge is 2.41. The lowest BCUT2D eigenvalue weighted by molar-refractivity contribution is -0.114. The summed E-state index contributed by atoms with van der Waals surface area (Å²) in [6.45, 7) is 8.36. The van der Waals surface area contributed by atoms with E-state index in [1.165, 1.54) is 6.92 Å². The van der Waals surface area contributed by atoms with E-state index in [0.717, 1.165) is 38.0 Å². The number of hydrogen-bond donors (Lipinski definition) is 2. The third kappa shape index (κ3) is 3.91. The van der Waals surface area contributed by atoms with E-state index in [9.17, 15) is 14.7 Å². The van der Waals surface area contributed by atoms with Crippen molar-refractivity contribution in [1.82, 2.24) is 9.80 Å². The molecule has 1 aromatic rings. The van der Waals surface area contributed by atoms with E-state index in [0.29, 0.717) is 23.7 Å². The van der Waals surface area contributed by atoms with E-state index in [1.54, 1.807) is 0 Å². The molecule has 6 heteroatoms. The number of hydrogen-bond acceptors (Lipinski definition) is 4. The van der Waals surface area contributed by atoms with Gasteiger partial charge in [-0.3, -0.25) is 14.5 Å². The predicted molar refractivity (Wildman–Crippen MR) is 101 cm³/mol. The molecule has 0 radical (unpaired) electrons. The molecule has 6 nitrogen and oxygen atoms in total. The summed E-state index contributed by atoms with van der Waals surface area (Å²) in [5.74, 6) is 0.383. The number of piperidine rings is 1. The molecule has 3 atom stereocenters. The monoisotopic (exact) mass is 359 g/mol. The van der Waals surface area contributed by atoms with Crippen LogP contribution in [-0.4, -0.2) is 65.0 Å². The number of amides is 2. The van der Waals surface area contributed by atoms with E-state index < -0.39 is 0 Å². The highest BCUT2D eigenvalue weighted by atomic mass is 16.3. The minimum atomic E-state index is -0.351. The standard InChI is InChI=1S/C20H29N3O3/c1-13(24)10-22-11-16-6-5-9-23(19(16)12-22)20(26)17-7-4-8-18(14(17)2)21-15(3)25/h4,7-8,13,16,19,24H,5-6,9-12H2,1-3H3,(H,21,25)/t13?,16-,19+/m0/s1. The van der Waals surface area contributed by atoms with Crippen molar-refractivity contribution in [3.05, 3.63) is 29.3 Å². The smallest absolute Gasteiger partial charge is 0.254 e. The van der Waals surface area contributed by atoms with E-state index >= 15 is 0 Å². The molecule has 2 amide bonds. The number of likely N-dealkylation sites (tertiary alicyclic amines) is 2. The van der Waals surface area contributed by atoms with Crippen molar-refractivity contribution >= 4 is 17.5 Å². The van der Waals surface area contributed by atoms with Crippen molar-refractivity contribution in [2.75, 3.05) is 31.5 Å². The van der Waals surface area contributed by atoms with Crippen LogP contribution in [0.3, 0.4) is 0 Å². The molecule has 2 fully saturated rings. The lowest BCUT2D eigenvalue weighted by atomic mass is 9.91. The number of β-amino-alcohol motifs (C(OH)–C–C–N with tert-alkyl or cyclic N) is 1. The molecule has 1 unspecified atom stereocenters. The Balaban J connectivity index is 1.80. The fourth-order valence-electron chi connectivity index (χ4n) is 4.39. The number of carbonyl (C=O) groups excluding carboxylic acids is 2. The minimum absolute atomic E-state index is 0.0447. The van der Waals surface area contributed by atoms with Crippen LogP contribution < -0.4 is 5.32 Å². The third-order valence-corrected chi connectivity index (χ3v) is 5.51. The number of nitrogens with one attached hydrogen (secondary N) is 1. The van der Waals surface area contributed by atoms with E-state index in [1.807, 2.05) is 36.9 Å². The Morgan fingerprint density at radius 3 is 2.81 bits per heavy atom. The number of fused-ring (bicyclic) bond motifs is 1. The van der Waals surface area contributed by atoms with Crippen molar-refractivity contribution in [3.63, 3.8) is 0 Å². The van der Waals surface area contributed by atoms with Crippen LogP contribution in [0.5, 0.6) is 0 Å². The molecule has 0 aliphatic carbocycles. The molecule has 0 bridgehead atoms. The van der Waals surface area contributed by atoms with Crippen LogP contribution in [0.2, 0.25) is 0 Å². The van der Waals surface area contributed by atoms with Gasteiger partial charge in [0.15, 0.2) is 0 Å². The van der Waals surface area contributed by atoms with Gasteiger partial charge in [-0.15, -0.1) is 0 Å². The normalized spacial score (nSPS) is 24.2. The number of benzene rings is 1. The summed E-state index contributed by atoms with van der Waals surface area (Å²) in [4.78, 5) is 28.9. The summed E-state index contributed by atoms with van der Waals surface area (Å²) in [5.41, 5.74) is 2.17. The summed E-state index contributed by atoms with van der Waals surface area (Å²) >= 11 is 0. The summed E-state index contributed by atoms with van der Waals surface area (Å²) < 4.78 is 0. The quantitative estimate of drug-likeness (QED) is 0.861. The van der Waals surface area contributed by atoms with Crippen LogP contribution in [0.25, 0.3) is 0 Å². The second kappa shape index (κ2) is 7.76. The Morgan fingerprint density at radius 1 is 1.35 bits per heavy atom. The van der Waals surface area contributed by atoms with E-state index in [4.69, 9.17) is 0 Å². The molecule has 2 saturated heterocycles.